The molecule has 1 aromatic carbocycles. The zero-order chi connectivity index (χ0) is 11.3. The third kappa shape index (κ3) is 3.76. The van der Waals surface area contributed by atoms with Gasteiger partial charge < -0.3 is 9.84 Å². The van der Waals surface area contributed by atoms with Crippen LogP contribution in [-0.2, 0) is 0 Å². The molecule has 0 aliphatic carbocycles. The average Bonchev–Trinajstić information content (AvgIpc) is 2.21. The molecule has 2 nitrogen and oxygen atoms in total. The van der Waals surface area contributed by atoms with Gasteiger partial charge in [0.15, 0.2) is 0 Å². The summed E-state index contributed by atoms with van der Waals surface area (Å²) in [5, 5.41) is 9.33. The molecular weight excluding hydrogens is 188 g/mol. The average molecular weight is 206 g/mol. The Morgan fingerprint density at radius 3 is 2.47 bits per heavy atom. The van der Waals surface area contributed by atoms with Crippen molar-refractivity contribution in [2.45, 2.75) is 26.9 Å². The number of aliphatic hydroxyl groups excluding tert-OH is 1. The second-order valence-electron chi connectivity index (χ2n) is 3.57. The van der Waals surface area contributed by atoms with Crippen LogP contribution in [-0.4, -0.2) is 17.8 Å². The van der Waals surface area contributed by atoms with Gasteiger partial charge >= 0.3 is 0 Å². The highest BCUT2D eigenvalue weighted by molar-refractivity contribution is 5.54. The van der Waals surface area contributed by atoms with Crippen molar-refractivity contribution in [3.05, 3.63) is 35.4 Å². The number of ether oxygens (including phenoxy) is 1. The van der Waals surface area contributed by atoms with Crippen LogP contribution < -0.4 is 4.74 Å². The first-order chi connectivity index (χ1) is 7.13. The molecule has 0 heterocycles. The lowest BCUT2D eigenvalue weighted by Gasteiger charge is -2.05. The molecule has 0 spiro atoms. The summed E-state index contributed by atoms with van der Waals surface area (Å²) in [5.74, 6) is 0.879. The zero-order valence-corrected chi connectivity index (χ0v) is 9.53. The largest absolute Gasteiger partial charge is 0.494 e. The molecule has 0 fully saturated rings. The molecular formula is C13H18O2. The lowest BCUT2D eigenvalue weighted by molar-refractivity contribution is 0.232. The van der Waals surface area contributed by atoms with Crippen LogP contribution in [0.2, 0.25) is 0 Å². The van der Waals surface area contributed by atoms with Gasteiger partial charge in [0.1, 0.15) is 5.75 Å². The number of rotatable bonds is 4. The van der Waals surface area contributed by atoms with Crippen molar-refractivity contribution in [1.29, 1.82) is 0 Å². The van der Waals surface area contributed by atoms with Crippen LogP contribution >= 0.6 is 0 Å². The third-order valence-corrected chi connectivity index (χ3v) is 2.24. The summed E-state index contributed by atoms with van der Waals surface area (Å²) in [5.41, 5.74) is 2.04. The van der Waals surface area contributed by atoms with Gasteiger partial charge in [-0.05, 0) is 44.0 Å². The maximum atomic E-state index is 9.33. The molecule has 1 aromatic rings. The minimum atomic E-state index is -0.392. The number of hydrogen-bond acceptors (Lipinski definition) is 2. The van der Waals surface area contributed by atoms with Gasteiger partial charge in [0, 0.05) is 0 Å². The van der Waals surface area contributed by atoms with E-state index in [1.807, 2.05) is 44.2 Å². The van der Waals surface area contributed by atoms with Gasteiger partial charge in [-0.25, -0.2) is 0 Å². The Balaban J connectivity index is 2.76. The number of benzene rings is 1. The van der Waals surface area contributed by atoms with Crippen LogP contribution in [0.25, 0.3) is 6.08 Å². The predicted octanol–water partition coefficient (Wildman–Crippen LogP) is 2.87. The van der Waals surface area contributed by atoms with Crippen molar-refractivity contribution in [3.63, 3.8) is 0 Å². The minimum absolute atomic E-state index is 0.392. The molecule has 0 aliphatic heterocycles. The molecule has 1 unspecified atom stereocenters. The van der Waals surface area contributed by atoms with E-state index in [2.05, 4.69) is 0 Å². The van der Waals surface area contributed by atoms with Crippen LogP contribution in [0.15, 0.2) is 29.8 Å². The summed E-state index contributed by atoms with van der Waals surface area (Å²) in [4.78, 5) is 0. The van der Waals surface area contributed by atoms with E-state index in [1.165, 1.54) is 0 Å². The highest BCUT2D eigenvalue weighted by Crippen LogP contribution is 2.15. The highest BCUT2D eigenvalue weighted by Gasteiger charge is 1.98. The van der Waals surface area contributed by atoms with Crippen molar-refractivity contribution in [2.24, 2.45) is 0 Å². The van der Waals surface area contributed by atoms with Crippen molar-refractivity contribution in [2.75, 3.05) is 6.61 Å². The summed E-state index contributed by atoms with van der Waals surface area (Å²) < 4.78 is 5.34. The van der Waals surface area contributed by atoms with Crippen LogP contribution in [0.5, 0.6) is 5.75 Å². The first-order valence-electron chi connectivity index (χ1n) is 5.22. The van der Waals surface area contributed by atoms with E-state index in [-0.39, 0.29) is 0 Å². The number of hydrogen-bond donors (Lipinski definition) is 1. The van der Waals surface area contributed by atoms with Gasteiger partial charge in [0.2, 0.25) is 0 Å². The van der Waals surface area contributed by atoms with Crippen LogP contribution in [0, 0.1) is 0 Å². The Kier molecular flexibility index (Phi) is 4.37. The fourth-order valence-electron chi connectivity index (χ4n) is 1.21. The topological polar surface area (TPSA) is 29.5 Å². The standard InChI is InChI=1S/C13H18O2/c1-4-15-13-7-5-12(6-8-13)9-10(2)11(3)14/h5-9,11,14H,4H2,1-3H3/b10-9-. The molecule has 15 heavy (non-hydrogen) atoms. The normalized spacial score (nSPS) is 13.7. The van der Waals surface area contributed by atoms with Crippen LogP contribution in [0.3, 0.4) is 0 Å². The van der Waals surface area contributed by atoms with E-state index in [4.69, 9.17) is 4.74 Å². The van der Waals surface area contributed by atoms with Crippen molar-refractivity contribution >= 4 is 6.08 Å². The van der Waals surface area contributed by atoms with Gasteiger partial charge in [0.05, 0.1) is 12.7 Å². The zero-order valence-electron chi connectivity index (χ0n) is 9.53. The first-order valence-corrected chi connectivity index (χ1v) is 5.22. The summed E-state index contributed by atoms with van der Waals surface area (Å²) >= 11 is 0. The van der Waals surface area contributed by atoms with Crippen molar-refractivity contribution < 1.29 is 9.84 Å². The van der Waals surface area contributed by atoms with Gasteiger partial charge in [-0.2, -0.15) is 0 Å². The minimum Gasteiger partial charge on any atom is -0.494 e. The monoisotopic (exact) mass is 206 g/mol. The molecule has 0 radical (unpaired) electrons. The molecule has 82 valence electrons. The van der Waals surface area contributed by atoms with Crippen LogP contribution in [0.4, 0.5) is 0 Å². The molecule has 0 bridgehead atoms. The molecule has 1 atom stereocenters. The third-order valence-electron chi connectivity index (χ3n) is 2.24. The maximum absolute atomic E-state index is 9.33. The molecule has 0 aliphatic rings. The molecule has 1 N–H and O–H groups in total. The summed E-state index contributed by atoms with van der Waals surface area (Å²) in [7, 11) is 0. The SMILES string of the molecule is CCOc1ccc(/C=C(/C)C(C)O)cc1. The smallest absolute Gasteiger partial charge is 0.119 e. The molecule has 0 aromatic heterocycles. The van der Waals surface area contributed by atoms with Gasteiger partial charge in [0.25, 0.3) is 0 Å². The van der Waals surface area contributed by atoms with Gasteiger partial charge in [-0.3, -0.25) is 0 Å². The maximum Gasteiger partial charge on any atom is 0.119 e. The Bertz CT molecular complexity index is 323. The fraction of sp³-hybridized carbons (Fsp3) is 0.385. The fourth-order valence-corrected chi connectivity index (χ4v) is 1.21. The second kappa shape index (κ2) is 5.56. The number of aliphatic hydroxyl groups is 1. The highest BCUT2D eigenvalue weighted by atomic mass is 16.5. The van der Waals surface area contributed by atoms with Gasteiger partial charge in [-0.1, -0.05) is 18.2 Å². The van der Waals surface area contributed by atoms with E-state index in [0.29, 0.717) is 6.61 Å². The van der Waals surface area contributed by atoms with Crippen LogP contribution in [0.1, 0.15) is 26.3 Å². The van der Waals surface area contributed by atoms with E-state index in [0.717, 1.165) is 16.9 Å². The Morgan fingerprint density at radius 2 is 2.00 bits per heavy atom. The lowest BCUT2D eigenvalue weighted by Crippen LogP contribution is -2.00. The Hall–Kier alpha value is -1.28. The first kappa shape index (κ1) is 11.8. The van der Waals surface area contributed by atoms with Crippen molar-refractivity contribution in [3.8, 4) is 5.75 Å². The summed E-state index contributed by atoms with van der Waals surface area (Å²) in [6, 6.07) is 7.84. The van der Waals surface area contributed by atoms with E-state index >= 15 is 0 Å². The molecule has 0 saturated carbocycles. The van der Waals surface area contributed by atoms with Crippen molar-refractivity contribution in [1.82, 2.24) is 0 Å². The predicted molar refractivity (Wildman–Crippen MR) is 62.9 cm³/mol. The Morgan fingerprint density at radius 1 is 1.40 bits per heavy atom. The summed E-state index contributed by atoms with van der Waals surface area (Å²) in [6.07, 6.45) is 1.58. The lowest BCUT2D eigenvalue weighted by atomic mass is 10.1. The quantitative estimate of drug-likeness (QED) is 0.820. The second-order valence-corrected chi connectivity index (χ2v) is 3.57. The van der Waals surface area contributed by atoms with E-state index in [1.54, 1.807) is 6.92 Å². The molecule has 0 saturated heterocycles. The van der Waals surface area contributed by atoms with E-state index < -0.39 is 6.10 Å². The molecule has 1 rings (SSSR count). The Labute approximate surface area is 91.2 Å². The van der Waals surface area contributed by atoms with E-state index in [9.17, 15) is 5.11 Å². The molecule has 2 heteroatoms. The van der Waals surface area contributed by atoms with Gasteiger partial charge in [-0.15, -0.1) is 0 Å². The molecule has 0 amide bonds. The summed E-state index contributed by atoms with van der Waals surface area (Å²) in [6.45, 7) is 6.33.